The van der Waals surface area contributed by atoms with Crippen LogP contribution in [-0.4, -0.2) is 66.2 Å². The molecule has 2 aliphatic heterocycles. The maximum atomic E-state index is 12.3. The Labute approximate surface area is 144 Å². The molecular weight excluding hydrogens is 304 g/mol. The van der Waals surface area contributed by atoms with Crippen LogP contribution in [0.2, 0.25) is 0 Å². The van der Waals surface area contributed by atoms with Gasteiger partial charge in [0.25, 0.3) is 5.91 Å². The Morgan fingerprint density at radius 2 is 1.88 bits per heavy atom. The average molecular weight is 334 g/mol. The minimum Gasteiger partial charge on any atom is -0.360 e. The SMILES string of the molecule is CC(C)c1cc(C(=O)NC2CCN(C3CCN(C)CC3)CC2)no1. The Balaban J connectivity index is 1.45. The van der Waals surface area contributed by atoms with Crippen molar-refractivity contribution in [1.29, 1.82) is 0 Å². The average Bonchev–Trinajstić information content (AvgIpc) is 3.07. The summed E-state index contributed by atoms with van der Waals surface area (Å²) in [4.78, 5) is 17.3. The molecule has 0 saturated carbocycles. The molecule has 0 atom stereocenters. The largest absolute Gasteiger partial charge is 0.360 e. The monoisotopic (exact) mass is 334 g/mol. The molecule has 3 heterocycles. The number of nitrogens with one attached hydrogen (secondary N) is 1. The molecule has 1 N–H and O–H groups in total. The Bertz CT molecular complexity index is 541. The van der Waals surface area contributed by atoms with Crippen molar-refractivity contribution in [2.45, 2.75) is 57.5 Å². The van der Waals surface area contributed by atoms with Crippen molar-refractivity contribution in [2.75, 3.05) is 33.2 Å². The zero-order chi connectivity index (χ0) is 17.1. The van der Waals surface area contributed by atoms with Gasteiger partial charge >= 0.3 is 0 Å². The van der Waals surface area contributed by atoms with E-state index < -0.39 is 0 Å². The number of hydrogen-bond acceptors (Lipinski definition) is 5. The molecule has 2 aliphatic rings. The van der Waals surface area contributed by atoms with E-state index in [0.717, 1.165) is 37.7 Å². The topological polar surface area (TPSA) is 61.6 Å². The van der Waals surface area contributed by atoms with E-state index >= 15 is 0 Å². The summed E-state index contributed by atoms with van der Waals surface area (Å²) < 4.78 is 5.22. The van der Waals surface area contributed by atoms with E-state index in [1.807, 2.05) is 13.8 Å². The van der Waals surface area contributed by atoms with Crippen LogP contribution in [0, 0.1) is 0 Å². The van der Waals surface area contributed by atoms with Crippen LogP contribution in [0.25, 0.3) is 0 Å². The van der Waals surface area contributed by atoms with Crippen LogP contribution in [0.3, 0.4) is 0 Å². The smallest absolute Gasteiger partial charge is 0.273 e. The summed E-state index contributed by atoms with van der Waals surface area (Å²) in [6.45, 7) is 8.62. The van der Waals surface area contributed by atoms with Gasteiger partial charge in [0.1, 0.15) is 5.76 Å². The highest BCUT2D eigenvalue weighted by atomic mass is 16.5. The highest BCUT2D eigenvalue weighted by Gasteiger charge is 2.28. The lowest BCUT2D eigenvalue weighted by atomic mass is 9.98. The predicted molar refractivity (Wildman–Crippen MR) is 93.2 cm³/mol. The molecule has 134 valence electrons. The van der Waals surface area contributed by atoms with E-state index in [1.54, 1.807) is 6.07 Å². The molecule has 0 aromatic carbocycles. The Morgan fingerprint density at radius 1 is 1.21 bits per heavy atom. The maximum absolute atomic E-state index is 12.3. The zero-order valence-electron chi connectivity index (χ0n) is 15.1. The third-order valence-electron chi connectivity index (χ3n) is 5.40. The standard InChI is InChI=1S/C18H30N4O2/c1-13(2)17-12-16(20-24-17)18(23)19-14-4-10-22(11-5-14)15-6-8-21(3)9-7-15/h12-15H,4-11H2,1-3H3,(H,19,23). The van der Waals surface area contributed by atoms with Gasteiger partial charge in [-0.05, 0) is 45.8 Å². The van der Waals surface area contributed by atoms with Crippen molar-refractivity contribution in [3.8, 4) is 0 Å². The van der Waals surface area contributed by atoms with Crippen molar-refractivity contribution in [3.63, 3.8) is 0 Å². The number of hydrogen-bond donors (Lipinski definition) is 1. The molecule has 0 unspecified atom stereocenters. The molecule has 0 aliphatic carbocycles. The van der Waals surface area contributed by atoms with Gasteiger partial charge in [0.2, 0.25) is 0 Å². The summed E-state index contributed by atoms with van der Waals surface area (Å²) in [6.07, 6.45) is 4.58. The normalized spacial score (nSPS) is 22.2. The van der Waals surface area contributed by atoms with Gasteiger partial charge in [0, 0.05) is 37.2 Å². The third kappa shape index (κ3) is 4.16. The van der Waals surface area contributed by atoms with Crippen molar-refractivity contribution in [1.82, 2.24) is 20.3 Å². The van der Waals surface area contributed by atoms with Crippen LogP contribution < -0.4 is 5.32 Å². The summed E-state index contributed by atoms with van der Waals surface area (Å²) in [7, 11) is 2.20. The Kier molecular flexibility index (Phi) is 5.56. The molecule has 1 aromatic heterocycles. The van der Waals surface area contributed by atoms with Gasteiger partial charge in [-0.25, -0.2) is 0 Å². The van der Waals surface area contributed by atoms with E-state index in [9.17, 15) is 4.79 Å². The Hall–Kier alpha value is -1.40. The van der Waals surface area contributed by atoms with Gasteiger partial charge in [0.05, 0.1) is 0 Å². The van der Waals surface area contributed by atoms with E-state index in [0.29, 0.717) is 5.69 Å². The first-order valence-electron chi connectivity index (χ1n) is 9.23. The van der Waals surface area contributed by atoms with E-state index in [-0.39, 0.29) is 17.9 Å². The number of amides is 1. The summed E-state index contributed by atoms with van der Waals surface area (Å²) in [5.41, 5.74) is 0.399. The number of piperidine rings is 2. The molecule has 1 aromatic rings. The number of nitrogens with zero attached hydrogens (tertiary/aromatic N) is 3. The number of carbonyl (C=O) groups excluding carboxylic acids is 1. The first kappa shape index (κ1) is 17.4. The van der Waals surface area contributed by atoms with Crippen LogP contribution in [-0.2, 0) is 0 Å². The Morgan fingerprint density at radius 3 is 2.46 bits per heavy atom. The van der Waals surface area contributed by atoms with Crippen LogP contribution in [0.1, 0.15) is 61.7 Å². The summed E-state index contributed by atoms with van der Waals surface area (Å²) >= 11 is 0. The van der Waals surface area contributed by atoms with Gasteiger partial charge < -0.3 is 19.6 Å². The van der Waals surface area contributed by atoms with Gasteiger partial charge in [-0.15, -0.1) is 0 Å². The molecule has 24 heavy (non-hydrogen) atoms. The number of likely N-dealkylation sites (tertiary alicyclic amines) is 2. The van der Waals surface area contributed by atoms with Crippen molar-refractivity contribution >= 4 is 5.91 Å². The first-order chi connectivity index (χ1) is 11.5. The molecule has 0 radical (unpaired) electrons. The molecule has 0 spiro atoms. The van der Waals surface area contributed by atoms with Crippen molar-refractivity contribution in [2.24, 2.45) is 0 Å². The fraction of sp³-hybridized carbons (Fsp3) is 0.778. The molecule has 0 bridgehead atoms. The lowest BCUT2D eigenvalue weighted by Gasteiger charge is -2.41. The molecule has 2 saturated heterocycles. The maximum Gasteiger partial charge on any atom is 0.273 e. The van der Waals surface area contributed by atoms with Crippen molar-refractivity contribution < 1.29 is 9.32 Å². The molecule has 6 heteroatoms. The molecule has 6 nitrogen and oxygen atoms in total. The van der Waals surface area contributed by atoms with Gasteiger partial charge in [-0.1, -0.05) is 19.0 Å². The van der Waals surface area contributed by atoms with Gasteiger partial charge in [-0.2, -0.15) is 0 Å². The van der Waals surface area contributed by atoms with Crippen molar-refractivity contribution in [3.05, 3.63) is 17.5 Å². The minimum atomic E-state index is -0.108. The second kappa shape index (κ2) is 7.66. The molecule has 1 amide bonds. The van der Waals surface area contributed by atoms with Crippen LogP contribution in [0.5, 0.6) is 0 Å². The second-order valence-electron chi connectivity index (χ2n) is 7.59. The highest BCUT2D eigenvalue weighted by Crippen LogP contribution is 2.21. The van der Waals surface area contributed by atoms with Gasteiger partial charge in [0.15, 0.2) is 5.69 Å². The van der Waals surface area contributed by atoms with Gasteiger partial charge in [-0.3, -0.25) is 4.79 Å². The minimum absolute atomic E-state index is 0.108. The summed E-state index contributed by atoms with van der Waals surface area (Å²) in [5, 5.41) is 7.02. The van der Waals surface area contributed by atoms with Crippen LogP contribution in [0.4, 0.5) is 0 Å². The number of carbonyl (C=O) groups is 1. The van der Waals surface area contributed by atoms with E-state index in [2.05, 4.69) is 27.3 Å². The number of rotatable bonds is 4. The predicted octanol–water partition coefficient (Wildman–Crippen LogP) is 2.09. The second-order valence-corrected chi connectivity index (χ2v) is 7.59. The zero-order valence-corrected chi connectivity index (χ0v) is 15.1. The fourth-order valence-corrected chi connectivity index (χ4v) is 3.70. The fourth-order valence-electron chi connectivity index (χ4n) is 3.70. The lowest BCUT2D eigenvalue weighted by Crippen LogP contribution is -2.50. The summed E-state index contributed by atoms with van der Waals surface area (Å²) in [5.74, 6) is 0.900. The van der Waals surface area contributed by atoms with E-state index in [4.69, 9.17) is 4.52 Å². The van der Waals surface area contributed by atoms with Crippen LogP contribution in [0.15, 0.2) is 10.6 Å². The number of aromatic nitrogens is 1. The molecule has 3 rings (SSSR count). The first-order valence-corrected chi connectivity index (χ1v) is 9.23. The quantitative estimate of drug-likeness (QED) is 0.913. The molecule has 2 fully saturated rings. The third-order valence-corrected chi connectivity index (χ3v) is 5.40. The van der Waals surface area contributed by atoms with E-state index in [1.165, 1.54) is 25.9 Å². The summed E-state index contributed by atoms with van der Waals surface area (Å²) in [6, 6.07) is 2.73. The lowest BCUT2D eigenvalue weighted by molar-refractivity contribution is 0.0801. The molecular formula is C18H30N4O2. The van der Waals surface area contributed by atoms with Crippen LogP contribution >= 0.6 is 0 Å². The highest BCUT2D eigenvalue weighted by molar-refractivity contribution is 5.92.